The van der Waals surface area contributed by atoms with Crippen molar-refractivity contribution in [3.05, 3.63) is 62.7 Å². The van der Waals surface area contributed by atoms with Gasteiger partial charge in [0.1, 0.15) is 0 Å². The van der Waals surface area contributed by atoms with Crippen molar-refractivity contribution >= 4 is 44.2 Å². The van der Waals surface area contributed by atoms with Gasteiger partial charge in [-0.05, 0) is 58.5 Å². The van der Waals surface area contributed by atoms with Crippen LogP contribution in [0.2, 0.25) is 5.02 Å². The molecule has 6 heteroatoms. The Hall–Kier alpha value is -0.630. The number of sulfonamides is 1. The molecule has 106 valence electrons. The molecule has 20 heavy (non-hydrogen) atoms. The molecule has 3 nitrogen and oxygen atoms in total. The number of benzene rings is 2. The molecule has 2 aromatic rings. The van der Waals surface area contributed by atoms with Crippen LogP contribution in [-0.2, 0) is 16.6 Å². The zero-order valence-corrected chi connectivity index (χ0v) is 14.5. The van der Waals surface area contributed by atoms with Crippen LogP contribution in [0, 0.1) is 3.57 Å². The first-order valence-electron chi connectivity index (χ1n) is 5.86. The Morgan fingerprint density at radius 3 is 2.50 bits per heavy atom. The molecule has 0 unspecified atom stereocenters. The first-order valence-corrected chi connectivity index (χ1v) is 8.75. The van der Waals surface area contributed by atoms with E-state index in [1.807, 2.05) is 18.2 Å². The summed E-state index contributed by atoms with van der Waals surface area (Å²) >= 11 is 8.01. The van der Waals surface area contributed by atoms with Crippen molar-refractivity contribution in [2.75, 3.05) is 7.05 Å². The van der Waals surface area contributed by atoms with Crippen molar-refractivity contribution in [2.24, 2.45) is 0 Å². The Morgan fingerprint density at radius 2 is 1.85 bits per heavy atom. The average Bonchev–Trinajstić information content (AvgIpc) is 2.38. The van der Waals surface area contributed by atoms with E-state index < -0.39 is 10.0 Å². The van der Waals surface area contributed by atoms with Gasteiger partial charge in [-0.15, -0.1) is 0 Å². The predicted octanol–water partition coefficient (Wildman–Crippen LogP) is 3.77. The van der Waals surface area contributed by atoms with E-state index in [4.69, 9.17) is 11.6 Å². The summed E-state index contributed by atoms with van der Waals surface area (Å²) in [6.45, 7) is 0.286. The first-order chi connectivity index (χ1) is 9.39. The number of hydrogen-bond acceptors (Lipinski definition) is 2. The lowest BCUT2D eigenvalue weighted by Gasteiger charge is -2.17. The lowest BCUT2D eigenvalue weighted by Crippen LogP contribution is -2.26. The Morgan fingerprint density at radius 1 is 1.15 bits per heavy atom. The number of nitrogens with zero attached hydrogens (tertiary/aromatic N) is 1. The fraction of sp³-hybridized carbons (Fsp3) is 0.143. The molecule has 0 fully saturated rings. The van der Waals surface area contributed by atoms with Crippen molar-refractivity contribution in [2.45, 2.75) is 11.4 Å². The smallest absolute Gasteiger partial charge is 0.207 e. The Kier molecular flexibility index (Phi) is 5.06. The van der Waals surface area contributed by atoms with Crippen LogP contribution in [0.15, 0.2) is 53.4 Å². The van der Waals surface area contributed by atoms with Gasteiger partial charge in [0.25, 0.3) is 0 Å². The molecule has 0 heterocycles. The zero-order chi connectivity index (χ0) is 14.8. The van der Waals surface area contributed by atoms with Gasteiger partial charge in [0.2, 0.25) is 10.0 Å². The zero-order valence-electron chi connectivity index (χ0n) is 10.8. The maximum Gasteiger partial charge on any atom is 0.243 e. The van der Waals surface area contributed by atoms with Crippen LogP contribution < -0.4 is 0 Å². The van der Waals surface area contributed by atoms with Crippen LogP contribution in [0.4, 0.5) is 0 Å². The quantitative estimate of drug-likeness (QED) is 0.705. The summed E-state index contributed by atoms with van der Waals surface area (Å²) in [5.74, 6) is 0. The minimum Gasteiger partial charge on any atom is -0.207 e. The summed E-state index contributed by atoms with van der Waals surface area (Å²) in [6, 6.07) is 14.0. The fourth-order valence-corrected chi connectivity index (χ4v) is 3.96. The average molecular weight is 422 g/mol. The van der Waals surface area contributed by atoms with E-state index in [1.165, 1.54) is 4.31 Å². The van der Waals surface area contributed by atoms with Gasteiger partial charge in [0, 0.05) is 22.2 Å². The predicted molar refractivity (Wildman–Crippen MR) is 89.3 cm³/mol. The lowest BCUT2D eigenvalue weighted by molar-refractivity contribution is 0.466. The second-order valence-electron chi connectivity index (χ2n) is 4.35. The Labute approximate surface area is 137 Å². The molecule has 0 atom stereocenters. The standard InChI is InChI=1S/C14H13ClINO2S/c1-17(10-11-4-2-5-12(15)8-11)20(18,19)14-7-3-6-13(16)9-14/h2-9H,10H2,1H3. The summed E-state index contributed by atoms with van der Waals surface area (Å²) in [6.07, 6.45) is 0. The van der Waals surface area contributed by atoms with Crippen LogP contribution in [0.3, 0.4) is 0 Å². The molecule has 0 amide bonds. The van der Waals surface area contributed by atoms with Crippen LogP contribution in [0.1, 0.15) is 5.56 Å². The second-order valence-corrected chi connectivity index (χ2v) is 8.08. The molecule has 2 rings (SSSR count). The summed E-state index contributed by atoms with van der Waals surface area (Å²) in [4.78, 5) is 0.300. The Balaban J connectivity index is 2.26. The summed E-state index contributed by atoms with van der Waals surface area (Å²) in [5, 5.41) is 0.600. The third-order valence-corrected chi connectivity index (χ3v) is 5.50. The van der Waals surface area contributed by atoms with Gasteiger partial charge in [0.15, 0.2) is 0 Å². The molecular formula is C14H13ClINO2S. The van der Waals surface area contributed by atoms with Crippen molar-refractivity contribution < 1.29 is 8.42 Å². The fourth-order valence-electron chi connectivity index (χ4n) is 1.78. The summed E-state index contributed by atoms with van der Waals surface area (Å²) in [5.41, 5.74) is 0.856. The van der Waals surface area contributed by atoms with E-state index in [0.29, 0.717) is 9.92 Å². The summed E-state index contributed by atoms with van der Waals surface area (Å²) in [7, 11) is -1.92. The molecule has 0 aliphatic carbocycles. The van der Waals surface area contributed by atoms with E-state index >= 15 is 0 Å². The summed E-state index contributed by atoms with van der Waals surface area (Å²) < 4.78 is 27.1. The van der Waals surface area contributed by atoms with Crippen LogP contribution in [0.5, 0.6) is 0 Å². The lowest BCUT2D eigenvalue weighted by atomic mass is 10.2. The molecule has 0 bridgehead atoms. The van der Waals surface area contributed by atoms with Crippen molar-refractivity contribution in [3.63, 3.8) is 0 Å². The molecule has 2 aromatic carbocycles. The normalized spacial score (nSPS) is 11.8. The van der Waals surface area contributed by atoms with E-state index in [9.17, 15) is 8.42 Å². The topological polar surface area (TPSA) is 37.4 Å². The highest BCUT2D eigenvalue weighted by Gasteiger charge is 2.21. The van der Waals surface area contributed by atoms with Gasteiger partial charge in [-0.25, -0.2) is 8.42 Å². The highest BCUT2D eigenvalue weighted by atomic mass is 127. The molecular weight excluding hydrogens is 409 g/mol. The number of halogens is 2. The first kappa shape index (κ1) is 15.8. The number of rotatable bonds is 4. The third kappa shape index (κ3) is 3.72. The van der Waals surface area contributed by atoms with E-state index in [2.05, 4.69) is 22.6 Å². The molecule has 0 radical (unpaired) electrons. The van der Waals surface area contributed by atoms with E-state index in [0.717, 1.165) is 9.13 Å². The van der Waals surface area contributed by atoms with Gasteiger partial charge >= 0.3 is 0 Å². The highest BCUT2D eigenvalue weighted by molar-refractivity contribution is 14.1. The van der Waals surface area contributed by atoms with Crippen LogP contribution in [-0.4, -0.2) is 19.8 Å². The van der Waals surface area contributed by atoms with Gasteiger partial charge in [0.05, 0.1) is 4.90 Å². The highest BCUT2D eigenvalue weighted by Crippen LogP contribution is 2.20. The SMILES string of the molecule is CN(Cc1cccc(Cl)c1)S(=O)(=O)c1cccc(I)c1. The van der Waals surface area contributed by atoms with Gasteiger partial charge < -0.3 is 0 Å². The maximum atomic E-state index is 12.5. The Bertz CT molecular complexity index is 719. The van der Waals surface area contributed by atoms with Gasteiger partial charge in [-0.3, -0.25) is 0 Å². The van der Waals surface area contributed by atoms with E-state index in [1.54, 1.807) is 37.4 Å². The van der Waals surface area contributed by atoms with Crippen molar-refractivity contribution in [1.29, 1.82) is 0 Å². The molecule has 0 aliphatic rings. The molecule has 0 saturated carbocycles. The van der Waals surface area contributed by atoms with Gasteiger partial charge in [-0.2, -0.15) is 4.31 Å². The largest absolute Gasteiger partial charge is 0.243 e. The molecule has 0 aliphatic heterocycles. The monoisotopic (exact) mass is 421 g/mol. The van der Waals surface area contributed by atoms with Gasteiger partial charge in [-0.1, -0.05) is 29.8 Å². The van der Waals surface area contributed by atoms with Crippen molar-refractivity contribution in [3.8, 4) is 0 Å². The third-order valence-electron chi connectivity index (χ3n) is 2.80. The number of hydrogen-bond donors (Lipinski definition) is 0. The van der Waals surface area contributed by atoms with Crippen molar-refractivity contribution in [1.82, 2.24) is 4.31 Å². The minimum atomic E-state index is -3.49. The van der Waals surface area contributed by atoms with Crippen LogP contribution in [0.25, 0.3) is 0 Å². The van der Waals surface area contributed by atoms with E-state index in [-0.39, 0.29) is 6.54 Å². The maximum absolute atomic E-state index is 12.5. The molecule has 0 saturated heterocycles. The second kappa shape index (κ2) is 6.43. The van der Waals surface area contributed by atoms with Crippen LogP contribution >= 0.6 is 34.2 Å². The molecule has 0 aromatic heterocycles. The minimum absolute atomic E-state index is 0.286. The molecule has 0 spiro atoms. The molecule has 0 N–H and O–H groups in total.